The van der Waals surface area contributed by atoms with Crippen molar-refractivity contribution in [1.82, 2.24) is 10.6 Å². The molecule has 0 radical (unpaired) electrons. The van der Waals surface area contributed by atoms with Crippen LogP contribution >= 0.6 is 0 Å². The Hall–Kier alpha value is -2.86. The van der Waals surface area contributed by atoms with Gasteiger partial charge in [-0.2, -0.15) is 0 Å². The molecule has 28 heavy (non-hydrogen) atoms. The van der Waals surface area contributed by atoms with Gasteiger partial charge in [-0.1, -0.05) is 61.5 Å². The average molecular weight is 384 g/mol. The maximum atomic E-state index is 12.2. The molecule has 0 spiro atoms. The Morgan fingerprint density at radius 3 is 2.29 bits per heavy atom. The van der Waals surface area contributed by atoms with Crippen LogP contribution in [0.4, 0.5) is 4.79 Å². The van der Waals surface area contributed by atoms with Gasteiger partial charge in [-0.3, -0.25) is 4.79 Å². The molecule has 150 valence electrons. The van der Waals surface area contributed by atoms with Gasteiger partial charge in [0, 0.05) is 19.0 Å². The Morgan fingerprint density at radius 2 is 1.68 bits per heavy atom. The number of carbonyl (C=O) groups is 2. The van der Waals surface area contributed by atoms with Gasteiger partial charge in [-0.15, -0.1) is 0 Å². The van der Waals surface area contributed by atoms with Gasteiger partial charge in [0.25, 0.3) is 0 Å². The number of hydrogen-bond acceptors (Lipinski definition) is 3. The first-order chi connectivity index (χ1) is 13.5. The smallest absolute Gasteiger partial charge is 0.315 e. The molecule has 0 aliphatic heterocycles. The van der Waals surface area contributed by atoms with Crippen LogP contribution in [0.2, 0.25) is 0 Å². The van der Waals surface area contributed by atoms with Gasteiger partial charge < -0.3 is 20.8 Å². The zero-order valence-corrected chi connectivity index (χ0v) is 16.1. The van der Waals surface area contributed by atoms with Crippen LogP contribution in [0.5, 0.6) is 0 Å². The van der Waals surface area contributed by atoms with E-state index in [-0.39, 0.29) is 19.0 Å². The number of urea groups is 1. The third kappa shape index (κ3) is 7.40. The Balaban J connectivity index is 1.87. The van der Waals surface area contributed by atoms with Crippen molar-refractivity contribution in [3.8, 4) is 0 Å². The number of amides is 2. The third-order valence-corrected chi connectivity index (χ3v) is 4.60. The molecule has 4 N–H and O–H groups in total. The lowest BCUT2D eigenvalue weighted by Gasteiger charge is -2.20. The molecule has 2 rings (SSSR count). The number of aryl methyl sites for hydroxylation is 1. The van der Waals surface area contributed by atoms with Crippen molar-refractivity contribution in [1.29, 1.82) is 0 Å². The van der Waals surface area contributed by atoms with E-state index < -0.39 is 18.1 Å². The van der Waals surface area contributed by atoms with Crippen LogP contribution < -0.4 is 10.6 Å². The zero-order valence-electron chi connectivity index (χ0n) is 16.1. The predicted octanol–water partition coefficient (Wildman–Crippen LogP) is 3.06. The van der Waals surface area contributed by atoms with Gasteiger partial charge in [-0.05, 0) is 36.0 Å². The monoisotopic (exact) mass is 384 g/mol. The first-order valence-corrected chi connectivity index (χ1v) is 9.55. The standard InChI is InChI=1S/C22H28N2O4/c1-2-16-8-10-18(11-9-16)20(25)15-23-22(28)24-19(12-13-21(26)27)14-17-6-4-3-5-7-17/h3-11,19-20,25H,2,12-15H2,1H3,(H,26,27)(H2,23,24,28). The van der Waals surface area contributed by atoms with E-state index in [1.807, 2.05) is 54.6 Å². The Morgan fingerprint density at radius 1 is 1.00 bits per heavy atom. The van der Waals surface area contributed by atoms with Gasteiger partial charge in [-0.25, -0.2) is 4.79 Å². The lowest BCUT2D eigenvalue weighted by molar-refractivity contribution is -0.137. The molecule has 0 bridgehead atoms. The number of aliphatic hydroxyl groups excluding tert-OH is 1. The first kappa shape index (κ1) is 21.4. The van der Waals surface area contributed by atoms with E-state index >= 15 is 0 Å². The van der Waals surface area contributed by atoms with Crippen molar-refractivity contribution in [3.05, 3.63) is 71.3 Å². The summed E-state index contributed by atoms with van der Waals surface area (Å²) in [6, 6.07) is 16.5. The van der Waals surface area contributed by atoms with E-state index in [4.69, 9.17) is 5.11 Å². The highest BCUT2D eigenvalue weighted by atomic mass is 16.4. The van der Waals surface area contributed by atoms with E-state index in [0.717, 1.165) is 17.5 Å². The predicted molar refractivity (Wildman–Crippen MR) is 108 cm³/mol. The molecular weight excluding hydrogens is 356 g/mol. The van der Waals surface area contributed by atoms with Crippen LogP contribution in [0, 0.1) is 0 Å². The highest BCUT2D eigenvalue weighted by Gasteiger charge is 2.16. The first-order valence-electron chi connectivity index (χ1n) is 9.55. The highest BCUT2D eigenvalue weighted by Crippen LogP contribution is 2.13. The molecule has 0 saturated carbocycles. The van der Waals surface area contributed by atoms with Crippen molar-refractivity contribution in [2.75, 3.05) is 6.54 Å². The molecule has 6 heteroatoms. The minimum absolute atomic E-state index is 0.0236. The highest BCUT2D eigenvalue weighted by molar-refractivity contribution is 5.74. The molecule has 2 unspecified atom stereocenters. The number of hydrogen-bond donors (Lipinski definition) is 4. The molecule has 2 amide bonds. The van der Waals surface area contributed by atoms with E-state index in [9.17, 15) is 14.7 Å². The number of carbonyl (C=O) groups excluding carboxylic acids is 1. The average Bonchev–Trinajstić information content (AvgIpc) is 2.71. The molecule has 0 aromatic heterocycles. The lowest BCUT2D eigenvalue weighted by atomic mass is 10.0. The molecule has 0 heterocycles. The molecule has 0 aliphatic rings. The maximum absolute atomic E-state index is 12.2. The summed E-state index contributed by atoms with van der Waals surface area (Å²) >= 11 is 0. The van der Waals surface area contributed by atoms with E-state index in [1.54, 1.807) is 0 Å². The number of rotatable bonds is 10. The Labute approximate surface area is 165 Å². The van der Waals surface area contributed by atoms with E-state index in [2.05, 4.69) is 17.6 Å². The number of aliphatic hydroxyl groups is 1. The van der Waals surface area contributed by atoms with E-state index in [0.29, 0.717) is 12.8 Å². The summed E-state index contributed by atoms with van der Waals surface area (Å²) in [4.78, 5) is 23.1. The molecule has 0 aliphatic carbocycles. The fourth-order valence-electron chi connectivity index (χ4n) is 2.94. The molecule has 2 aromatic rings. The summed E-state index contributed by atoms with van der Waals surface area (Å²) in [6.07, 6.45) is 0.977. The van der Waals surface area contributed by atoms with Crippen LogP contribution in [0.15, 0.2) is 54.6 Å². The van der Waals surface area contributed by atoms with Crippen LogP contribution in [0.25, 0.3) is 0 Å². The van der Waals surface area contributed by atoms with Gasteiger partial charge in [0.1, 0.15) is 0 Å². The third-order valence-electron chi connectivity index (χ3n) is 4.60. The van der Waals surface area contributed by atoms with E-state index in [1.165, 1.54) is 5.56 Å². The fraction of sp³-hybridized carbons (Fsp3) is 0.364. The topological polar surface area (TPSA) is 98.7 Å². The van der Waals surface area contributed by atoms with Crippen molar-refractivity contribution < 1.29 is 19.8 Å². The van der Waals surface area contributed by atoms with Gasteiger partial charge in [0.2, 0.25) is 0 Å². The van der Waals surface area contributed by atoms with Crippen LogP contribution in [-0.4, -0.2) is 34.8 Å². The van der Waals surface area contributed by atoms with Crippen molar-refractivity contribution >= 4 is 12.0 Å². The van der Waals surface area contributed by atoms with Gasteiger partial charge in [0.15, 0.2) is 0 Å². The zero-order chi connectivity index (χ0) is 20.4. The lowest BCUT2D eigenvalue weighted by Crippen LogP contribution is -2.44. The summed E-state index contributed by atoms with van der Waals surface area (Å²) in [5, 5.41) is 24.7. The summed E-state index contributed by atoms with van der Waals surface area (Å²) in [5.41, 5.74) is 2.95. The Kier molecular flexibility index (Phi) is 8.49. The van der Waals surface area contributed by atoms with Crippen LogP contribution in [0.1, 0.15) is 42.6 Å². The van der Waals surface area contributed by atoms with Crippen molar-refractivity contribution in [3.63, 3.8) is 0 Å². The van der Waals surface area contributed by atoms with Crippen LogP contribution in [0.3, 0.4) is 0 Å². The quantitative estimate of drug-likeness (QED) is 0.506. The second-order valence-corrected chi connectivity index (χ2v) is 6.78. The minimum Gasteiger partial charge on any atom is -0.481 e. The number of carboxylic acid groups (broad SMARTS) is 1. The molecule has 0 saturated heterocycles. The summed E-state index contributed by atoms with van der Waals surface area (Å²) in [7, 11) is 0. The number of aliphatic carboxylic acids is 1. The molecule has 0 fully saturated rings. The van der Waals surface area contributed by atoms with Crippen molar-refractivity contribution in [2.45, 2.75) is 44.8 Å². The maximum Gasteiger partial charge on any atom is 0.315 e. The van der Waals surface area contributed by atoms with Gasteiger partial charge in [0.05, 0.1) is 6.10 Å². The number of carboxylic acids is 1. The molecule has 2 aromatic carbocycles. The van der Waals surface area contributed by atoms with Crippen LogP contribution in [-0.2, 0) is 17.6 Å². The SMILES string of the molecule is CCc1ccc(C(O)CNC(=O)NC(CCC(=O)O)Cc2ccccc2)cc1. The largest absolute Gasteiger partial charge is 0.481 e. The van der Waals surface area contributed by atoms with Gasteiger partial charge >= 0.3 is 12.0 Å². The molecule has 2 atom stereocenters. The number of nitrogens with one attached hydrogen (secondary N) is 2. The second-order valence-electron chi connectivity index (χ2n) is 6.78. The molecule has 6 nitrogen and oxygen atoms in total. The fourth-order valence-corrected chi connectivity index (χ4v) is 2.94. The molecular formula is C22H28N2O4. The normalized spacial score (nSPS) is 12.8. The Bertz CT molecular complexity index is 747. The second kappa shape index (κ2) is 11.1. The summed E-state index contributed by atoms with van der Waals surface area (Å²) in [5.74, 6) is -0.897. The van der Waals surface area contributed by atoms with Crippen molar-refractivity contribution in [2.24, 2.45) is 0 Å². The number of benzene rings is 2. The minimum atomic E-state index is -0.897. The summed E-state index contributed by atoms with van der Waals surface area (Å²) < 4.78 is 0. The summed E-state index contributed by atoms with van der Waals surface area (Å²) in [6.45, 7) is 2.14.